The van der Waals surface area contributed by atoms with Crippen LogP contribution in [-0.4, -0.2) is 30.2 Å². The number of carbonyl (C=O) groups is 1. The fourth-order valence-electron chi connectivity index (χ4n) is 3.78. The van der Waals surface area contributed by atoms with E-state index in [4.69, 9.17) is 14.7 Å². The minimum atomic E-state index is -0.677. The zero-order valence-electron chi connectivity index (χ0n) is 17.5. The molecule has 0 bridgehead atoms. The summed E-state index contributed by atoms with van der Waals surface area (Å²) in [7, 11) is 0. The Bertz CT molecular complexity index is 1050. The summed E-state index contributed by atoms with van der Waals surface area (Å²) in [5.74, 6) is -0.912. The van der Waals surface area contributed by atoms with Crippen LogP contribution in [0.15, 0.2) is 78.9 Å². The third kappa shape index (κ3) is 5.13. The number of carbonyl (C=O) groups excluding carboxylic acids is 1. The topological polar surface area (TPSA) is 62.6 Å². The van der Waals surface area contributed by atoms with Crippen molar-refractivity contribution in [2.45, 2.75) is 25.0 Å². The van der Waals surface area contributed by atoms with Gasteiger partial charge in [0.1, 0.15) is 6.10 Å². The van der Waals surface area contributed by atoms with E-state index < -0.39 is 11.9 Å². The molecule has 1 aliphatic rings. The molecular formula is C26H23FN2O3. The van der Waals surface area contributed by atoms with Crippen LogP contribution in [0.5, 0.6) is 5.75 Å². The smallest absolute Gasteiger partial charge is 0.407 e. The van der Waals surface area contributed by atoms with E-state index in [1.807, 2.05) is 66.7 Å². The molecule has 4 rings (SSSR count). The van der Waals surface area contributed by atoms with E-state index >= 15 is 0 Å². The van der Waals surface area contributed by atoms with Gasteiger partial charge in [0.25, 0.3) is 0 Å². The van der Waals surface area contributed by atoms with Crippen molar-refractivity contribution >= 4 is 6.09 Å². The maximum absolute atomic E-state index is 13.9. The van der Waals surface area contributed by atoms with Crippen molar-refractivity contribution in [3.05, 3.63) is 101 Å². The van der Waals surface area contributed by atoms with Crippen LogP contribution in [0.2, 0.25) is 0 Å². The monoisotopic (exact) mass is 430 g/mol. The van der Waals surface area contributed by atoms with Crippen molar-refractivity contribution < 1.29 is 18.7 Å². The van der Waals surface area contributed by atoms with Crippen LogP contribution in [0.3, 0.4) is 0 Å². The van der Waals surface area contributed by atoms with Crippen LogP contribution < -0.4 is 4.74 Å². The molecule has 0 saturated carbocycles. The zero-order chi connectivity index (χ0) is 22.3. The first-order valence-corrected chi connectivity index (χ1v) is 10.6. The summed E-state index contributed by atoms with van der Waals surface area (Å²) in [6, 6.07) is 25.7. The van der Waals surface area contributed by atoms with E-state index in [0.717, 1.165) is 17.2 Å². The van der Waals surface area contributed by atoms with Gasteiger partial charge in [-0.2, -0.15) is 5.26 Å². The Labute approximate surface area is 186 Å². The first kappa shape index (κ1) is 21.5. The van der Waals surface area contributed by atoms with E-state index in [9.17, 15) is 9.18 Å². The summed E-state index contributed by atoms with van der Waals surface area (Å²) in [5, 5.41) is 8.96. The zero-order valence-corrected chi connectivity index (χ0v) is 17.5. The molecule has 5 nitrogen and oxygen atoms in total. The first-order valence-electron chi connectivity index (χ1n) is 10.6. The van der Waals surface area contributed by atoms with Gasteiger partial charge in [0.2, 0.25) is 0 Å². The van der Waals surface area contributed by atoms with E-state index in [1.165, 1.54) is 12.1 Å². The van der Waals surface area contributed by atoms with Gasteiger partial charge in [-0.15, -0.1) is 0 Å². The average Bonchev–Trinajstić information content (AvgIpc) is 2.85. The second-order valence-electron chi connectivity index (χ2n) is 7.65. The summed E-state index contributed by atoms with van der Waals surface area (Å²) in [4.78, 5) is 14.0. The number of hydrogen-bond acceptors (Lipinski definition) is 4. The number of nitriles is 1. The van der Waals surface area contributed by atoms with Gasteiger partial charge >= 0.3 is 6.09 Å². The fourth-order valence-corrected chi connectivity index (χ4v) is 3.78. The Morgan fingerprint density at radius 1 is 0.969 bits per heavy atom. The molecule has 32 heavy (non-hydrogen) atoms. The Balaban J connectivity index is 1.38. The highest BCUT2D eigenvalue weighted by atomic mass is 19.1. The second kappa shape index (κ2) is 10.1. The minimum absolute atomic E-state index is 0.0249. The largest absolute Gasteiger partial charge is 0.415 e. The summed E-state index contributed by atoms with van der Waals surface area (Å²) in [6.07, 6.45) is 0.449. The Morgan fingerprint density at radius 2 is 1.56 bits per heavy atom. The standard InChI is InChI=1S/C26H23FN2O3/c27-23-12-11-19(18-28)17-24(23)32-26(30)29-15-13-22(14-16-29)31-25(20-7-3-1-4-8-20)21-9-5-2-6-10-21/h1-12,17,22,25H,13-16H2. The molecule has 0 aromatic heterocycles. The molecule has 1 heterocycles. The molecule has 1 fully saturated rings. The van der Waals surface area contributed by atoms with Gasteiger partial charge in [-0.05, 0) is 36.1 Å². The molecule has 0 atom stereocenters. The molecule has 0 N–H and O–H groups in total. The summed E-state index contributed by atoms with van der Waals surface area (Å²) in [5.41, 5.74) is 2.39. The maximum atomic E-state index is 13.9. The van der Waals surface area contributed by atoms with Crippen molar-refractivity contribution in [2.24, 2.45) is 0 Å². The molecule has 0 unspecified atom stereocenters. The lowest BCUT2D eigenvalue weighted by atomic mass is 10.00. The normalized spacial score (nSPS) is 14.2. The van der Waals surface area contributed by atoms with Crippen LogP contribution in [-0.2, 0) is 4.74 Å². The molecule has 1 amide bonds. The summed E-state index contributed by atoms with van der Waals surface area (Å²) in [6.45, 7) is 0.888. The molecule has 0 aliphatic carbocycles. The third-order valence-electron chi connectivity index (χ3n) is 5.49. The molecule has 0 radical (unpaired) electrons. The lowest BCUT2D eigenvalue weighted by Gasteiger charge is -2.33. The lowest BCUT2D eigenvalue weighted by Crippen LogP contribution is -2.42. The number of hydrogen-bond donors (Lipinski definition) is 0. The van der Waals surface area contributed by atoms with Gasteiger partial charge in [-0.1, -0.05) is 60.7 Å². The molecule has 6 heteroatoms. The van der Waals surface area contributed by atoms with Crippen LogP contribution in [0.25, 0.3) is 0 Å². The minimum Gasteiger partial charge on any atom is -0.407 e. The van der Waals surface area contributed by atoms with Crippen molar-refractivity contribution in [3.63, 3.8) is 0 Å². The van der Waals surface area contributed by atoms with Gasteiger partial charge in [-0.3, -0.25) is 0 Å². The number of piperidine rings is 1. The van der Waals surface area contributed by atoms with Crippen LogP contribution in [0.1, 0.15) is 35.6 Å². The molecule has 3 aromatic carbocycles. The number of likely N-dealkylation sites (tertiary alicyclic amines) is 1. The number of amides is 1. The van der Waals surface area contributed by atoms with Crippen LogP contribution in [0.4, 0.5) is 9.18 Å². The molecular weight excluding hydrogens is 407 g/mol. The van der Waals surface area contributed by atoms with Crippen molar-refractivity contribution in [2.75, 3.05) is 13.1 Å². The molecule has 1 saturated heterocycles. The fraction of sp³-hybridized carbons (Fsp3) is 0.231. The number of nitrogens with zero attached hydrogens (tertiary/aromatic N) is 2. The highest BCUT2D eigenvalue weighted by Gasteiger charge is 2.28. The van der Waals surface area contributed by atoms with Gasteiger partial charge in [0.15, 0.2) is 11.6 Å². The molecule has 0 spiro atoms. The molecule has 162 valence electrons. The van der Waals surface area contributed by atoms with Crippen LogP contribution in [0, 0.1) is 17.1 Å². The highest BCUT2D eigenvalue weighted by molar-refractivity contribution is 5.71. The average molecular weight is 430 g/mol. The second-order valence-corrected chi connectivity index (χ2v) is 7.65. The Kier molecular flexibility index (Phi) is 6.78. The van der Waals surface area contributed by atoms with E-state index in [-0.39, 0.29) is 23.5 Å². The maximum Gasteiger partial charge on any atom is 0.415 e. The predicted molar refractivity (Wildman–Crippen MR) is 118 cm³/mol. The van der Waals surface area contributed by atoms with Gasteiger partial charge in [-0.25, -0.2) is 9.18 Å². The SMILES string of the molecule is N#Cc1ccc(F)c(OC(=O)N2CCC(OC(c3ccccc3)c3ccccc3)CC2)c1. The third-order valence-corrected chi connectivity index (χ3v) is 5.49. The number of ether oxygens (including phenoxy) is 2. The van der Waals surface area contributed by atoms with Crippen molar-refractivity contribution in [1.82, 2.24) is 4.90 Å². The van der Waals surface area contributed by atoms with Gasteiger partial charge in [0.05, 0.1) is 17.7 Å². The van der Waals surface area contributed by atoms with Crippen molar-refractivity contribution in [3.8, 4) is 11.8 Å². The van der Waals surface area contributed by atoms with Crippen LogP contribution >= 0.6 is 0 Å². The Morgan fingerprint density at radius 3 is 2.12 bits per heavy atom. The number of halogens is 1. The van der Waals surface area contributed by atoms with Gasteiger partial charge in [0, 0.05) is 19.2 Å². The highest BCUT2D eigenvalue weighted by Crippen LogP contribution is 2.30. The summed E-state index contributed by atoms with van der Waals surface area (Å²) >= 11 is 0. The lowest BCUT2D eigenvalue weighted by molar-refractivity contribution is -0.0236. The van der Waals surface area contributed by atoms with Crippen molar-refractivity contribution in [1.29, 1.82) is 5.26 Å². The predicted octanol–water partition coefficient (Wildman–Crippen LogP) is 5.47. The molecule has 1 aliphatic heterocycles. The van der Waals surface area contributed by atoms with E-state index in [2.05, 4.69) is 0 Å². The van der Waals surface area contributed by atoms with E-state index in [0.29, 0.717) is 25.9 Å². The first-order chi connectivity index (χ1) is 15.6. The Hall–Kier alpha value is -3.69. The summed E-state index contributed by atoms with van der Waals surface area (Å²) < 4.78 is 25.6. The quantitative estimate of drug-likeness (QED) is 0.539. The number of rotatable bonds is 5. The van der Waals surface area contributed by atoms with Gasteiger partial charge < -0.3 is 14.4 Å². The number of benzene rings is 3. The van der Waals surface area contributed by atoms with E-state index in [1.54, 1.807) is 4.90 Å². The molecule has 3 aromatic rings.